The van der Waals surface area contributed by atoms with Gasteiger partial charge in [0.15, 0.2) is 0 Å². The molecule has 1 N–H and O–H groups in total. The van der Waals surface area contributed by atoms with Crippen molar-refractivity contribution >= 4 is 39.2 Å². The summed E-state index contributed by atoms with van der Waals surface area (Å²) in [5, 5.41) is 6.96. The minimum absolute atomic E-state index is 0.0540. The lowest BCUT2D eigenvalue weighted by Gasteiger charge is -2.20. The number of methoxy groups -OCH3 is 1. The Morgan fingerprint density at radius 3 is 2.59 bits per heavy atom. The number of hydrogen-bond acceptors (Lipinski definition) is 6. The van der Waals surface area contributed by atoms with Crippen molar-refractivity contribution in [1.82, 2.24) is 15.3 Å². The lowest BCUT2D eigenvalue weighted by atomic mass is 9.98. The molecular formula is C22H19N3O2S2. The first-order valence-electron chi connectivity index (χ1n) is 9.04. The molecule has 0 spiro atoms. The Labute approximate surface area is 177 Å². The van der Waals surface area contributed by atoms with Crippen LogP contribution in [0.15, 0.2) is 77.4 Å². The van der Waals surface area contributed by atoms with Gasteiger partial charge in [0.05, 0.1) is 18.9 Å². The molecule has 0 aliphatic carbocycles. The summed E-state index contributed by atoms with van der Waals surface area (Å²) in [6.45, 7) is 0. The van der Waals surface area contributed by atoms with Crippen LogP contribution in [0.3, 0.4) is 0 Å². The van der Waals surface area contributed by atoms with Crippen LogP contribution in [0.1, 0.15) is 17.2 Å². The molecule has 146 valence electrons. The molecular weight excluding hydrogens is 402 g/mol. The molecule has 1 amide bonds. The highest BCUT2D eigenvalue weighted by Gasteiger charge is 2.17. The summed E-state index contributed by atoms with van der Waals surface area (Å²) < 4.78 is 5.25. The number of carbonyl (C=O) groups excluding carboxylic acids is 1. The molecule has 0 fully saturated rings. The van der Waals surface area contributed by atoms with Gasteiger partial charge in [0.1, 0.15) is 21.9 Å². The smallest absolute Gasteiger partial charge is 0.231 e. The second-order valence-electron chi connectivity index (χ2n) is 6.29. The highest BCUT2D eigenvalue weighted by atomic mass is 32.2. The van der Waals surface area contributed by atoms with E-state index in [1.54, 1.807) is 24.8 Å². The molecule has 4 rings (SSSR count). The van der Waals surface area contributed by atoms with Crippen LogP contribution in [-0.4, -0.2) is 28.7 Å². The van der Waals surface area contributed by atoms with Gasteiger partial charge in [0, 0.05) is 5.39 Å². The molecule has 29 heavy (non-hydrogen) atoms. The van der Waals surface area contributed by atoms with Crippen molar-refractivity contribution in [2.45, 2.75) is 11.1 Å². The average molecular weight is 422 g/mol. The fourth-order valence-electron chi connectivity index (χ4n) is 3.02. The Balaban J connectivity index is 1.50. The second-order valence-corrected chi connectivity index (χ2v) is 8.15. The molecule has 2 aromatic heterocycles. The molecule has 0 saturated carbocycles. The van der Waals surface area contributed by atoms with Crippen LogP contribution in [0.4, 0.5) is 0 Å². The summed E-state index contributed by atoms with van der Waals surface area (Å²) >= 11 is 2.99. The quantitative estimate of drug-likeness (QED) is 0.346. The summed E-state index contributed by atoms with van der Waals surface area (Å²) in [4.78, 5) is 22.3. The van der Waals surface area contributed by atoms with Crippen molar-refractivity contribution in [3.05, 3.63) is 83.5 Å². The fourth-order valence-corrected chi connectivity index (χ4v) is 4.61. The Hall–Kier alpha value is -2.90. The number of thioether (sulfide) groups is 1. The Bertz CT molecular complexity index is 1100. The predicted octanol–water partition coefficient (Wildman–Crippen LogP) is 4.70. The number of nitrogens with zero attached hydrogens (tertiary/aromatic N) is 2. The molecule has 0 unspecified atom stereocenters. The van der Waals surface area contributed by atoms with Gasteiger partial charge in [-0.1, -0.05) is 54.2 Å². The molecule has 0 saturated heterocycles. The molecule has 0 radical (unpaired) electrons. The van der Waals surface area contributed by atoms with Gasteiger partial charge >= 0.3 is 0 Å². The lowest BCUT2D eigenvalue weighted by molar-refractivity contribution is -0.119. The van der Waals surface area contributed by atoms with E-state index in [-0.39, 0.29) is 17.7 Å². The summed E-state index contributed by atoms with van der Waals surface area (Å²) in [5.41, 5.74) is 2.02. The minimum atomic E-state index is -0.234. The number of nitrogens with one attached hydrogen (secondary N) is 1. The minimum Gasteiger partial charge on any atom is -0.497 e. The predicted molar refractivity (Wildman–Crippen MR) is 118 cm³/mol. The zero-order chi connectivity index (χ0) is 20.1. The van der Waals surface area contributed by atoms with E-state index < -0.39 is 0 Å². The average Bonchev–Trinajstić information content (AvgIpc) is 3.26. The first kappa shape index (κ1) is 19.4. The van der Waals surface area contributed by atoms with Gasteiger partial charge in [-0.3, -0.25) is 4.79 Å². The number of thiophene rings is 1. The normalized spacial score (nSPS) is 11.9. The van der Waals surface area contributed by atoms with E-state index in [0.717, 1.165) is 32.1 Å². The van der Waals surface area contributed by atoms with E-state index in [2.05, 4.69) is 15.3 Å². The standard InChI is InChI=1S/C22H19N3O2S2/c1-27-17-9-7-16(8-10-17)20(15-5-3-2-4-6-15)25-19(26)13-29-22-18-11-12-28-21(18)23-14-24-22/h2-12,14,20H,13H2,1H3,(H,25,26)/t20-/m1/s1. The van der Waals surface area contributed by atoms with Gasteiger partial charge in [0.25, 0.3) is 0 Å². The Morgan fingerprint density at radius 2 is 1.83 bits per heavy atom. The van der Waals surface area contributed by atoms with Crippen molar-refractivity contribution < 1.29 is 9.53 Å². The van der Waals surface area contributed by atoms with Crippen molar-refractivity contribution in [3.8, 4) is 5.75 Å². The maximum absolute atomic E-state index is 12.8. The monoisotopic (exact) mass is 421 g/mol. The van der Waals surface area contributed by atoms with Crippen molar-refractivity contribution in [3.63, 3.8) is 0 Å². The van der Waals surface area contributed by atoms with Crippen molar-refractivity contribution in [2.75, 3.05) is 12.9 Å². The second kappa shape index (κ2) is 9.07. The van der Waals surface area contributed by atoms with Crippen LogP contribution < -0.4 is 10.1 Å². The number of rotatable bonds is 7. The third kappa shape index (κ3) is 4.58. The molecule has 2 aromatic carbocycles. The van der Waals surface area contributed by atoms with Crippen molar-refractivity contribution in [1.29, 1.82) is 0 Å². The first-order valence-corrected chi connectivity index (χ1v) is 10.9. The molecule has 5 nitrogen and oxygen atoms in total. The number of ether oxygens (including phenoxy) is 1. The van der Waals surface area contributed by atoms with Gasteiger partial charge < -0.3 is 10.1 Å². The topological polar surface area (TPSA) is 64.1 Å². The summed E-state index contributed by atoms with van der Waals surface area (Å²) in [6.07, 6.45) is 1.54. The molecule has 0 aliphatic rings. The Morgan fingerprint density at radius 1 is 1.07 bits per heavy atom. The van der Waals surface area contributed by atoms with Crippen molar-refractivity contribution in [2.24, 2.45) is 0 Å². The van der Waals surface area contributed by atoms with Crippen LogP contribution in [0.2, 0.25) is 0 Å². The summed E-state index contributed by atoms with van der Waals surface area (Å²) in [7, 11) is 1.64. The van der Waals surface area contributed by atoms with Gasteiger partial charge in [-0.05, 0) is 34.7 Å². The maximum atomic E-state index is 12.8. The number of fused-ring (bicyclic) bond motifs is 1. The van der Waals surface area contributed by atoms with E-state index in [9.17, 15) is 4.79 Å². The molecule has 1 atom stereocenters. The summed E-state index contributed by atoms with van der Waals surface area (Å²) in [6, 6.07) is 19.5. The maximum Gasteiger partial charge on any atom is 0.231 e. The summed E-state index contributed by atoms with van der Waals surface area (Å²) in [5.74, 6) is 1.01. The third-order valence-electron chi connectivity index (χ3n) is 4.45. The zero-order valence-electron chi connectivity index (χ0n) is 15.7. The van der Waals surface area contributed by atoms with Crippen LogP contribution in [0.5, 0.6) is 5.75 Å². The molecule has 7 heteroatoms. The van der Waals surface area contributed by atoms with E-state index in [4.69, 9.17) is 4.74 Å². The number of hydrogen-bond donors (Lipinski definition) is 1. The van der Waals surface area contributed by atoms with Gasteiger partial charge in [-0.25, -0.2) is 9.97 Å². The zero-order valence-corrected chi connectivity index (χ0v) is 17.4. The molecule has 0 aliphatic heterocycles. The van der Waals surface area contributed by atoms with Gasteiger partial charge in [-0.2, -0.15) is 0 Å². The fraction of sp³-hybridized carbons (Fsp3) is 0.136. The number of benzene rings is 2. The number of amides is 1. The van der Waals surface area contributed by atoms with Crippen LogP contribution in [-0.2, 0) is 4.79 Å². The Kier molecular flexibility index (Phi) is 6.07. The lowest BCUT2D eigenvalue weighted by Crippen LogP contribution is -2.30. The van der Waals surface area contributed by atoms with Crippen LogP contribution >= 0.6 is 23.1 Å². The third-order valence-corrected chi connectivity index (χ3v) is 6.28. The van der Waals surface area contributed by atoms with Gasteiger partial charge in [-0.15, -0.1) is 11.3 Å². The van der Waals surface area contributed by atoms with Crippen LogP contribution in [0, 0.1) is 0 Å². The molecule has 4 aromatic rings. The van der Waals surface area contributed by atoms with E-state index in [0.29, 0.717) is 0 Å². The van der Waals surface area contributed by atoms with Gasteiger partial charge in [0.2, 0.25) is 5.91 Å². The first-order chi connectivity index (χ1) is 14.2. The number of aromatic nitrogens is 2. The van der Waals surface area contributed by atoms with E-state index in [1.807, 2.05) is 66.0 Å². The SMILES string of the molecule is COc1ccc([C@H](NC(=O)CSc2ncnc3sccc23)c2ccccc2)cc1. The number of carbonyl (C=O) groups is 1. The van der Waals surface area contributed by atoms with E-state index in [1.165, 1.54) is 11.8 Å². The van der Waals surface area contributed by atoms with E-state index >= 15 is 0 Å². The highest BCUT2D eigenvalue weighted by molar-refractivity contribution is 8.00. The highest BCUT2D eigenvalue weighted by Crippen LogP contribution is 2.28. The largest absolute Gasteiger partial charge is 0.497 e. The molecule has 0 bridgehead atoms. The molecule has 2 heterocycles. The van der Waals surface area contributed by atoms with Crippen LogP contribution in [0.25, 0.3) is 10.2 Å².